The third kappa shape index (κ3) is 2.04. The lowest BCUT2D eigenvalue weighted by Gasteiger charge is -2.10. The molecular weight excluding hydrogens is 287 g/mol. The van der Waals surface area contributed by atoms with Crippen LogP contribution in [0, 0.1) is 5.82 Å². The number of rotatable bonds is 2. The molecule has 1 heterocycles. The standard InChI is InChI=1S/C17H14ClFN2/c18-10-17-20-15-9-13(19)5-7-16(15)21(17)14-6-4-11-2-1-3-12(11)8-14/h4-9H,1-3,10H2. The fourth-order valence-electron chi connectivity index (χ4n) is 3.18. The van der Waals surface area contributed by atoms with Gasteiger partial charge in [0.1, 0.15) is 11.6 Å². The number of imidazole rings is 1. The highest BCUT2D eigenvalue weighted by molar-refractivity contribution is 6.17. The Hall–Kier alpha value is -1.87. The molecule has 1 aromatic heterocycles. The van der Waals surface area contributed by atoms with E-state index in [1.807, 2.05) is 4.57 Å². The van der Waals surface area contributed by atoms with Gasteiger partial charge in [0.25, 0.3) is 0 Å². The normalized spacial score (nSPS) is 13.8. The van der Waals surface area contributed by atoms with Crippen molar-refractivity contribution in [2.24, 2.45) is 0 Å². The fourth-order valence-corrected chi connectivity index (χ4v) is 3.36. The Kier molecular flexibility index (Phi) is 2.96. The molecule has 0 saturated carbocycles. The fraction of sp³-hybridized carbons (Fsp3) is 0.235. The third-order valence-corrected chi connectivity index (χ3v) is 4.38. The van der Waals surface area contributed by atoms with Gasteiger partial charge in [-0.1, -0.05) is 6.07 Å². The molecule has 0 bridgehead atoms. The molecular formula is C17H14ClFN2. The molecule has 0 spiro atoms. The van der Waals surface area contributed by atoms with E-state index in [-0.39, 0.29) is 5.82 Å². The van der Waals surface area contributed by atoms with Gasteiger partial charge in [-0.3, -0.25) is 4.57 Å². The van der Waals surface area contributed by atoms with Crippen LogP contribution in [0.1, 0.15) is 23.4 Å². The van der Waals surface area contributed by atoms with Crippen molar-refractivity contribution in [3.8, 4) is 5.69 Å². The number of benzene rings is 2. The van der Waals surface area contributed by atoms with Gasteiger partial charge in [0.05, 0.1) is 16.9 Å². The number of hydrogen-bond donors (Lipinski definition) is 0. The maximum Gasteiger partial charge on any atom is 0.129 e. The molecule has 106 valence electrons. The second-order valence-electron chi connectivity index (χ2n) is 5.44. The lowest BCUT2D eigenvalue weighted by molar-refractivity contribution is 0.629. The second kappa shape index (κ2) is 4.85. The highest BCUT2D eigenvalue weighted by atomic mass is 35.5. The average Bonchev–Trinajstić information content (AvgIpc) is 3.09. The Morgan fingerprint density at radius 2 is 1.95 bits per heavy atom. The van der Waals surface area contributed by atoms with E-state index < -0.39 is 0 Å². The summed E-state index contributed by atoms with van der Waals surface area (Å²) in [6.07, 6.45) is 3.51. The van der Waals surface area contributed by atoms with E-state index in [0.717, 1.165) is 29.9 Å². The average molecular weight is 301 g/mol. The third-order valence-electron chi connectivity index (χ3n) is 4.15. The quantitative estimate of drug-likeness (QED) is 0.642. The summed E-state index contributed by atoms with van der Waals surface area (Å²) in [7, 11) is 0. The van der Waals surface area contributed by atoms with E-state index in [0.29, 0.717) is 11.4 Å². The van der Waals surface area contributed by atoms with Crippen LogP contribution < -0.4 is 0 Å². The van der Waals surface area contributed by atoms with Gasteiger partial charge < -0.3 is 0 Å². The van der Waals surface area contributed by atoms with Crippen molar-refractivity contribution in [2.45, 2.75) is 25.1 Å². The summed E-state index contributed by atoms with van der Waals surface area (Å²) >= 11 is 6.03. The molecule has 4 rings (SSSR count). The lowest BCUT2D eigenvalue weighted by Crippen LogP contribution is -2.00. The first kappa shape index (κ1) is 12.8. The van der Waals surface area contributed by atoms with E-state index >= 15 is 0 Å². The van der Waals surface area contributed by atoms with Crippen molar-refractivity contribution in [3.63, 3.8) is 0 Å². The number of halogens is 2. The molecule has 0 amide bonds. The number of hydrogen-bond acceptors (Lipinski definition) is 1. The number of alkyl halides is 1. The molecule has 4 heteroatoms. The molecule has 3 aromatic rings. The van der Waals surface area contributed by atoms with Crippen LogP contribution in [-0.2, 0) is 18.7 Å². The zero-order valence-electron chi connectivity index (χ0n) is 11.4. The van der Waals surface area contributed by atoms with Crippen molar-refractivity contribution in [2.75, 3.05) is 0 Å². The number of fused-ring (bicyclic) bond motifs is 2. The zero-order chi connectivity index (χ0) is 14.4. The van der Waals surface area contributed by atoms with E-state index in [2.05, 4.69) is 23.2 Å². The topological polar surface area (TPSA) is 17.8 Å². The summed E-state index contributed by atoms with van der Waals surface area (Å²) in [5.74, 6) is 0.769. The number of aryl methyl sites for hydroxylation is 2. The van der Waals surface area contributed by atoms with Crippen molar-refractivity contribution in [1.82, 2.24) is 9.55 Å². The number of nitrogens with zero attached hydrogens (tertiary/aromatic N) is 2. The first-order chi connectivity index (χ1) is 10.3. The van der Waals surface area contributed by atoms with Crippen molar-refractivity contribution in [1.29, 1.82) is 0 Å². The molecule has 0 aliphatic heterocycles. The van der Waals surface area contributed by atoms with Crippen molar-refractivity contribution in [3.05, 3.63) is 59.2 Å². The Balaban J connectivity index is 1.96. The monoisotopic (exact) mass is 300 g/mol. The van der Waals surface area contributed by atoms with E-state index in [9.17, 15) is 4.39 Å². The van der Waals surface area contributed by atoms with Crippen LogP contribution in [0.4, 0.5) is 4.39 Å². The molecule has 2 aromatic carbocycles. The molecule has 0 radical (unpaired) electrons. The largest absolute Gasteiger partial charge is 0.295 e. The van der Waals surface area contributed by atoms with Gasteiger partial charge in [-0.2, -0.15) is 0 Å². The van der Waals surface area contributed by atoms with Crippen molar-refractivity contribution >= 4 is 22.6 Å². The van der Waals surface area contributed by atoms with Crippen LogP contribution in [0.5, 0.6) is 0 Å². The molecule has 21 heavy (non-hydrogen) atoms. The van der Waals surface area contributed by atoms with Crippen LogP contribution in [0.3, 0.4) is 0 Å². The van der Waals surface area contributed by atoms with Crippen LogP contribution in [0.15, 0.2) is 36.4 Å². The molecule has 0 unspecified atom stereocenters. The molecule has 2 nitrogen and oxygen atoms in total. The van der Waals surface area contributed by atoms with Gasteiger partial charge >= 0.3 is 0 Å². The van der Waals surface area contributed by atoms with Gasteiger partial charge in [0.15, 0.2) is 0 Å². The van der Waals surface area contributed by atoms with E-state index in [4.69, 9.17) is 11.6 Å². The zero-order valence-corrected chi connectivity index (χ0v) is 12.2. The van der Waals surface area contributed by atoms with Gasteiger partial charge in [0.2, 0.25) is 0 Å². The Labute approximate surface area is 127 Å². The smallest absolute Gasteiger partial charge is 0.129 e. The maximum absolute atomic E-state index is 13.4. The van der Waals surface area contributed by atoms with Gasteiger partial charge in [-0.25, -0.2) is 9.37 Å². The predicted octanol–water partition coefficient (Wildman–Crippen LogP) is 4.39. The van der Waals surface area contributed by atoms with E-state index in [1.165, 1.54) is 29.7 Å². The second-order valence-corrected chi connectivity index (χ2v) is 5.70. The Bertz CT molecular complexity index is 838. The lowest BCUT2D eigenvalue weighted by atomic mass is 10.1. The summed E-state index contributed by atoms with van der Waals surface area (Å²) in [4.78, 5) is 4.45. The summed E-state index contributed by atoms with van der Waals surface area (Å²) in [5.41, 5.74) is 5.43. The molecule has 1 aliphatic rings. The SMILES string of the molecule is Fc1ccc2c(c1)nc(CCl)n2-c1ccc2c(c1)CCC2. The maximum atomic E-state index is 13.4. The molecule has 0 saturated heterocycles. The first-order valence-electron chi connectivity index (χ1n) is 7.11. The van der Waals surface area contributed by atoms with Crippen LogP contribution in [-0.4, -0.2) is 9.55 Å². The summed E-state index contributed by atoms with van der Waals surface area (Å²) in [5, 5.41) is 0. The van der Waals surface area contributed by atoms with Gasteiger partial charge in [0, 0.05) is 11.8 Å². The van der Waals surface area contributed by atoms with Crippen molar-refractivity contribution < 1.29 is 4.39 Å². The minimum absolute atomic E-state index is 0.276. The van der Waals surface area contributed by atoms with Crippen LogP contribution in [0.25, 0.3) is 16.7 Å². The highest BCUT2D eigenvalue weighted by Gasteiger charge is 2.16. The minimum atomic E-state index is -0.276. The molecule has 1 aliphatic carbocycles. The highest BCUT2D eigenvalue weighted by Crippen LogP contribution is 2.28. The van der Waals surface area contributed by atoms with Crippen LogP contribution >= 0.6 is 11.6 Å². The minimum Gasteiger partial charge on any atom is -0.295 e. The van der Waals surface area contributed by atoms with E-state index in [1.54, 1.807) is 6.07 Å². The van der Waals surface area contributed by atoms with Gasteiger partial charge in [-0.15, -0.1) is 11.6 Å². The predicted molar refractivity (Wildman–Crippen MR) is 82.6 cm³/mol. The number of aromatic nitrogens is 2. The van der Waals surface area contributed by atoms with Gasteiger partial charge in [-0.05, 0) is 54.7 Å². The Morgan fingerprint density at radius 1 is 1.10 bits per heavy atom. The summed E-state index contributed by atoms with van der Waals surface area (Å²) in [6.45, 7) is 0. The molecule has 0 fully saturated rings. The summed E-state index contributed by atoms with van der Waals surface area (Å²) in [6, 6.07) is 11.2. The summed E-state index contributed by atoms with van der Waals surface area (Å²) < 4.78 is 15.4. The molecule has 0 atom stereocenters. The Morgan fingerprint density at radius 3 is 2.81 bits per heavy atom. The first-order valence-corrected chi connectivity index (χ1v) is 7.65. The molecule has 0 N–H and O–H groups in total. The van der Waals surface area contributed by atoms with Crippen LogP contribution in [0.2, 0.25) is 0 Å².